The van der Waals surface area contributed by atoms with Crippen LogP contribution in [0.1, 0.15) is 0 Å². The molecule has 5 heteroatoms. The molecule has 0 radical (unpaired) electrons. The van der Waals surface area contributed by atoms with Gasteiger partial charge in [0.25, 0.3) is 0 Å². The maximum absolute atomic E-state index is 5.81. The van der Waals surface area contributed by atoms with Gasteiger partial charge in [0.15, 0.2) is 5.96 Å². The monoisotopic (exact) mass is 385 g/mol. The average molecular weight is 385 g/mol. The predicted molar refractivity (Wildman–Crippen MR) is 95.3 cm³/mol. The number of benzene rings is 2. The normalized spacial score (nSPS) is 10.8. The van der Waals surface area contributed by atoms with Crippen LogP contribution in [0.25, 0.3) is 10.8 Å². The molecule has 0 aliphatic rings. The molecule has 0 aliphatic carbocycles. The Morgan fingerprint density at radius 2 is 1.90 bits per heavy atom. The van der Waals surface area contributed by atoms with Crippen LogP contribution >= 0.6 is 24.0 Å². The summed E-state index contributed by atoms with van der Waals surface area (Å²) in [6.07, 6.45) is 0. The lowest BCUT2D eigenvalue weighted by molar-refractivity contribution is 0.326. The zero-order chi connectivity index (χ0) is 13.5. The lowest BCUT2D eigenvalue weighted by atomic mass is 10.1. The van der Waals surface area contributed by atoms with E-state index < -0.39 is 0 Å². The first-order valence-electron chi connectivity index (χ1n) is 6.34. The molecule has 0 aliphatic heterocycles. The Hall–Kier alpha value is -1.50. The molecule has 0 fully saturated rings. The van der Waals surface area contributed by atoms with E-state index in [-0.39, 0.29) is 24.0 Å². The Labute approximate surface area is 136 Å². The van der Waals surface area contributed by atoms with Gasteiger partial charge in [-0.3, -0.25) is 4.99 Å². The lowest BCUT2D eigenvalue weighted by Gasteiger charge is -2.11. The number of nitrogens with zero attached hydrogens (tertiary/aromatic N) is 1. The molecule has 0 amide bonds. The fourth-order valence-corrected chi connectivity index (χ4v) is 1.93. The minimum absolute atomic E-state index is 0. The maximum Gasteiger partial charge on any atom is 0.190 e. The summed E-state index contributed by atoms with van der Waals surface area (Å²) in [5.74, 6) is 1.68. The Morgan fingerprint density at radius 1 is 1.15 bits per heavy atom. The van der Waals surface area contributed by atoms with E-state index in [1.807, 2.05) is 31.3 Å². The Morgan fingerprint density at radius 3 is 2.65 bits per heavy atom. The van der Waals surface area contributed by atoms with Crippen molar-refractivity contribution < 1.29 is 4.74 Å². The van der Waals surface area contributed by atoms with Crippen LogP contribution in [0.15, 0.2) is 47.5 Å². The second-order valence-electron chi connectivity index (χ2n) is 4.07. The second-order valence-corrected chi connectivity index (χ2v) is 4.07. The molecule has 2 aromatic carbocycles. The van der Waals surface area contributed by atoms with E-state index in [9.17, 15) is 0 Å². The van der Waals surface area contributed by atoms with Crippen LogP contribution in [0.5, 0.6) is 5.75 Å². The molecule has 0 saturated carbocycles. The topological polar surface area (TPSA) is 45.7 Å². The molecular formula is C15H20IN3O. The highest BCUT2D eigenvalue weighted by Crippen LogP contribution is 2.24. The highest BCUT2D eigenvalue weighted by Gasteiger charge is 2.00. The van der Waals surface area contributed by atoms with Crippen molar-refractivity contribution in [3.8, 4) is 5.75 Å². The van der Waals surface area contributed by atoms with Gasteiger partial charge >= 0.3 is 0 Å². The number of hydrogen-bond donors (Lipinski definition) is 2. The quantitative estimate of drug-likeness (QED) is 0.368. The summed E-state index contributed by atoms with van der Waals surface area (Å²) in [7, 11) is 3.57. The first kappa shape index (κ1) is 16.6. The van der Waals surface area contributed by atoms with Crippen molar-refractivity contribution in [1.29, 1.82) is 0 Å². The molecule has 0 heterocycles. The van der Waals surface area contributed by atoms with Gasteiger partial charge in [-0.25, -0.2) is 0 Å². The van der Waals surface area contributed by atoms with Crippen molar-refractivity contribution in [1.82, 2.24) is 10.6 Å². The number of hydrogen-bond acceptors (Lipinski definition) is 2. The summed E-state index contributed by atoms with van der Waals surface area (Å²) >= 11 is 0. The van der Waals surface area contributed by atoms with Gasteiger partial charge in [-0.15, -0.1) is 24.0 Å². The van der Waals surface area contributed by atoms with Crippen molar-refractivity contribution >= 4 is 40.7 Å². The summed E-state index contributed by atoms with van der Waals surface area (Å²) in [5, 5.41) is 8.45. The molecule has 4 nitrogen and oxygen atoms in total. The fraction of sp³-hybridized carbons (Fsp3) is 0.267. The van der Waals surface area contributed by atoms with E-state index >= 15 is 0 Å². The smallest absolute Gasteiger partial charge is 0.190 e. The molecular weight excluding hydrogens is 365 g/mol. The summed E-state index contributed by atoms with van der Waals surface area (Å²) in [6, 6.07) is 14.3. The molecule has 0 spiro atoms. The average Bonchev–Trinajstić information content (AvgIpc) is 2.47. The van der Waals surface area contributed by atoms with E-state index in [1.165, 1.54) is 5.39 Å². The molecule has 2 aromatic rings. The number of halogens is 1. The molecule has 0 aromatic heterocycles. The molecule has 108 valence electrons. The molecule has 2 N–H and O–H groups in total. The standard InChI is InChI=1S/C15H19N3O.HI/c1-16-15(17-2)18-10-11-19-14-9-5-7-12-6-3-4-8-13(12)14;/h3-9H,10-11H2,1-2H3,(H2,16,17,18);1H. The van der Waals surface area contributed by atoms with Gasteiger partial charge in [0.1, 0.15) is 12.4 Å². The number of guanidine groups is 1. The van der Waals surface area contributed by atoms with Crippen molar-refractivity contribution in [3.05, 3.63) is 42.5 Å². The van der Waals surface area contributed by atoms with Gasteiger partial charge in [0.05, 0.1) is 6.54 Å². The Balaban J connectivity index is 0.00000200. The van der Waals surface area contributed by atoms with E-state index in [0.717, 1.165) is 17.1 Å². The number of nitrogens with one attached hydrogen (secondary N) is 2. The van der Waals surface area contributed by atoms with Crippen molar-refractivity contribution in [2.24, 2.45) is 4.99 Å². The first-order valence-corrected chi connectivity index (χ1v) is 6.34. The zero-order valence-corrected chi connectivity index (χ0v) is 14.0. The number of ether oxygens (including phenoxy) is 1. The third kappa shape index (κ3) is 4.26. The molecule has 2 rings (SSSR count). The number of fused-ring (bicyclic) bond motifs is 1. The largest absolute Gasteiger partial charge is 0.491 e. The summed E-state index contributed by atoms with van der Waals surface area (Å²) in [4.78, 5) is 4.04. The minimum atomic E-state index is 0. The number of aliphatic imine (C=N–C) groups is 1. The molecule has 20 heavy (non-hydrogen) atoms. The van der Waals surface area contributed by atoms with Gasteiger partial charge in [-0.1, -0.05) is 36.4 Å². The van der Waals surface area contributed by atoms with Gasteiger partial charge in [0.2, 0.25) is 0 Å². The van der Waals surface area contributed by atoms with E-state index in [4.69, 9.17) is 4.74 Å². The van der Waals surface area contributed by atoms with Crippen LogP contribution in [0.3, 0.4) is 0 Å². The summed E-state index contributed by atoms with van der Waals surface area (Å²) in [5.41, 5.74) is 0. The van der Waals surface area contributed by atoms with E-state index in [0.29, 0.717) is 13.2 Å². The van der Waals surface area contributed by atoms with Gasteiger partial charge in [-0.2, -0.15) is 0 Å². The van der Waals surface area contributed by atoms with Crippen LogP contribution in [-0.4, -0.2) is 33.2 Å². The second kappa shape index (κ2) is 8.63. The third-order valence-electron chi connectivity index (χ3n) is 2.86. The van der Waals surface area contributed by atoms with Gasteiger partial charge in [-0.05, 0) is 11.5 Å². The van der Waals surface area contributed by atoms with Gasteiger partial charge < -0.3 is 15.4 Å². The van der Waals surface area contributed by atoms with Crippen LogP contribution in [0.2, 0.25) is 0 Å². The van der Waals surface area contributed by atoms with E-state index in [1.54, 1.807) is 7.05 Å². The van der Waals surface area contributed by atoms with Crippen molar-refractivity contribution in [2.75, 3.05) is 27.2 Å². The van der Waals surface area contributed by atoms with Crippen LogP contribution in [0.4, 0.5) is 0 Å². The van der Waals surface area contributed by atoms with Crippen LogP contribution < -0.4 is 15.4 Å². The third-order valence-corrected chi connectivity index (χ3v) is 2.86. The summed E-state index contributed by atoms with van der Waals surface area (Å²) < 4.78 is 5.81. The van der Waals surface area contributed by atoms with E-state index in [2.05, 4.69) is 33.8 Å². The Kier molecular flexibility index (Phi) is 7.14. The molecule has 0 atom stereocenters. The first-order chi connectivity index (χ1) is 9.35. The molecule has 0 saturated heterocycles. The Bertz CT molecular complexity index is 567. The predicted octanol–water partition coefficient (Wildman–Crippen LogP) is 2.63. The van der Waals surface area contributed by atoms with Crippen molar-refractivity contribution in [2.45, 2.75) is 0 Å². The highest BCUT2D eigenvalue weighted by molar-refractivity contribution is 14.0. The van der Waals surface area contributed by atoms with Crippen LogP contribution in [-0.2, 0) is 0 Å². The molecule has 0 bridgehead atoms. The van der Waals surface area contributed by atoms with Gasteiger partial charge in [0, 0.05) is 19.5 Å². The fourth-order valence-electron chi connectivity index (χ4n) is 1.93. The highest BCUT2D eigenvalue weighted by atomic mass is 127. The SMILES string of the molecule is CN=C(NC)NCCOc1cccc2ccccc12.I. The number of rotatable bonds is 4. The van der Waals surface area contributed by atoms with Crippen molar-refractivity contribution in [3.63, 3.8) is 0 Å². The zero-order valence-electron chi connectivity index (χ0n) is 11.7. The van der Waals surface area contributed by atoms with Crippen LogP contribution in [0, 0.1) is 0 Å². The molecule has 0 unspecified atom stereocenters. The maximum atomic E-state index is 5.81. The lowest BCUT2D eigenvalue weighted by Crippen LogP contribution is -2.37. The minimum Gasteiger partial charge on any atom is -0.491 e. The summed E-state index contributed by atoms with van der Waals surface area (Å²) in [6.45, 7) is 1.30.